The summed E-state index contributed by atoms with van der Waals surface area (Å²) in [4.78, 5) is 8.91. The highest BCUT2D eigenvalue weighted by Crippen LogP contribution is 2.35. The van der Waals surface area contributed by atoms with E-state index < -0.39 is 0 Å². The maximum Gasteiger partial charge on any atom is 0.127 e. The van der Waals surface area contributed by atoms with Crippen molar-refractivity contribution in [3.63, 3.8) is 0 Å². The second-order valence-electron chi connectivity index (χ2n) is 8.04. The van der Waals surface area contributed by atoms with E-state index >= 15 is 0 Å². The van der Waals surface area contributed by atoms with Crippen molar-refractivity contribution >= 4 is 23.0 Å². The number of aryl methyl sites for hydroxylation is 1. The second-order valence-corrected chi connectivity index (χ2v) is 8.04. The van der Waals surface area contributed by atoms with E-state index in [1.807, 2.05) is 25.4 Å². The predicted molar refractivity (Wildman–Crippen MR) is 131 cm³/mol. The quantitative estimate of drug-likeness (QED) is 0.354. The van der Waals surface area contributed by atoms with E-state index in [4.69, 9.17) is 10.1 Å². The van der Waals surface area contributed by atoms with Gasteiger partial charge in [0.1, 0.15) is 12.1 Å². The largest absolute Gasteiger partial charge is 0.360 e. The van der Waals surface area contributed by atoms with Crippen LogP contribution in [0, 0.1) is 12.3 Å². The first-order chi connectivity index (χ1) is 15.7. The molecule has 32 heavy (non-hydrogen) atoms. The molecule has 1 aliphatic rings. The van der Waals surface area contributed by atoms with Crippen molar-refractivity contribution in [2.45, 2.75) is 45.8 Å². The molecule has 1 fully saturated rings. The van der Waals surface area contributed by atoms with Crippen LogP contribution in [0.4, 0.5) is 5.69 Å². The minimum Gasteiger partial charge on any atom is -0.360 e. The lowest BCUT2D eigenvalue weighted by Gasteiger charge is -2.25. The highest BCUT2D eigenvalue weighted by Gasteiger charge is 2.18. The summed E-state index contributed by atoms with van der Waals surface area (Å²) in [5.41, 5.74) is 7.29. The first-order valence-electron chi connectivity index (χ1n) is 11.3. The van der Waals surface area contributed by atoms with E-state index in [0.29, 0.717) is 0 Å². The standard InChI is InChI=1S/C27H30N4O/c1-3-24(20-9-5-4-6-10-20)27(23-17-29-19(2)30-18-23)21-12-13-25(22(15-21)16-28)31-26-11-7-8-14-32-26/h4-6,9-10,12-13,15-18,26,28,31H,3,7-8,11,14H2,1-2H3/b27-24-,28-16?. The number of ether oxygens (including phenoxy) is 1. The SMILES string of the molecule is CC/C(=C(/c1cnc(C)nc1)c1ccc(NC2CCCCO2)c(C=N)c1)c1ccccc1. The lowest BCUT2D eigenvalue weighted by Crippen LogP contribution is -2.27. The Labute approximate surface area is 190 Å². The van der Waals surface area contributed by atoms with Crippen LogP contribution < -0.4 is 5.32 Å². The number of aromatic nitrogens is 2. The lowest BCUT2D eigenvalue weighted by atomic mass is 9.88. The minimum absolute atomic E-state index is 0.00401. The maximum atomic E-state index is 8.04. The van der Waals surface area contributed by atoms with Crippen LogP contribution in [-0.2, 0) is 4.74 Å². The smallest absolute Gasteiger partial charge is 0.127 e. The van der Waals surface area contributed by atoms with Crippen LogP contribution in [-0.4, -0.2) is 29.0 Å². The molecule has 0 aliphatic carbocycles. The van der Waals surface area contributed by atoms with Crippen LogP contribution in [0.3, 0.4) is 0 Å². The molecular formula is C27H30N4O. The van der Waals surface area contributed by atoms with E-state index in [-0.39, 0.29) is 6.23 Å². The van der Waals surface area contributed by atoms with Crippen LogP contribution >= 0.6 is 0 Å². The molecule has 2 N–H and O–H groups in total. The van der Waals surface area contributed by atoms with Crippen molar-refractivity contribution in [2.75, 3.05) is 11.9 Å². The van der Waals surface area contributed by atoms with Crippen LogP contribution in [0.25, 0.3) is 11.1 Å². The molecule has 2 heterocycles. The average Bonchev–Trinajstić information content (AvgIpc) is 2.85. The zero-order valence-corrected chi connectivity index (χ0v) is 18.8. The summed E-state index contributed by atoms with van der Waals surface area (Å²) < 4.78 is 5.84. The summed E-state index contributed by atoms with van der Waals surface area (Å²) in [5.74, 6) is 0.748. The van der Waals surface area contributed by atoms with Gasteiger partial charge in [-0.1, -0.05) is 43.3 Å². The van der Waals surface area contributed by atoms with Gasteiger partial charge in [0.15, 0.2) is 0 Å². The topological polar surface area (TPSA) is 70.9 Å². The van der Waals surface area contributed by atoms with Crippen LogP contribution in [0.1, 0.15) is 60.7 Å². The van der Waals surface area contributed by atoms with E-state index in [1.54, 1.807) is 0 Å². The number of hydrogen-bond acceptors (Lipinski definition) is 5. The third-order valence-corrected chi connectivity index (χ3v) is 5.84. The summed E-state index contributed by atoms with van der Waals surface area (Å²) in [6.07, 6.45) is 9.32. The predicted octanol–water partition coefficient (Wildman–Crippen LogP) is 6.09. The molecule has 1 saturated heterocycles. The molecule has 4 rings (SSSR count). The molecule has 2 aromatic carbocycles. The molecule has 1 atom stereocenters. The van der Waals surface area contributed by atoms with Crippen molar-refractivity contribution in [3.8, 4) is 0 Å². The van der Waals surface area contributed by atoms with Gasteiger partial charge in [-0.25, -0.2) is 9.97 Å². The summed E-state index contributed by atoms with van der Waals surface area (Å²) >= 11 is 0. The third-order valence-electron chi connectivity index (χ3n) is 5.84. The fourth-order valence-corrected chi connectivity index (χ4v) is 4.20. The first kappa shape index (κ1) is 21.9. The van der Waals surface area contributed by atoms with Gasteiger partial charge in [0, 0.05) is 42.0 Å². The molecule has 3 aromatic rings. The van der Waals surface area contributed by atoms with Gasteiger partial charge in [0.25, 0.3) is 0 Å². The average molecular weight is 427 g/mol. The Balaban J connectivity index is 1.81. The van der Waals surface area contributed by atoms with E-state index in [1.165, 1.54) is 17.4 Å². The number of rotatable bonds is 7. The van der Waals surface area contributed by atoms with Gasteiger partial charge in [-0.05, 0) is 67.0 Å². The monoisotopic (exact) mass is 426 g/mol. The van der Waals surface area contributed by atoms with Crippen LogP contribution in [0.5, 0.6) is 0 Å². The summed E-state index contributed by atoms with van der Waals surface area (Å²) in [6.45, 7) is 4.85. The molecule has 5 heteroatoms. The minimum atomic E-state index is 0.00401. The zero-order valence-electron chi connectivity index (χ0n) is 18.8. The molecule has 0 saturated carbocycles. The molecule has 1 unspecified atom stereocenters. The number of allylic oxidation sites excluding steroid dienone is 1. The molecule has 0 bridgehead atoms. The summed E-state index contributed by atoms with van der Waals surface area (Å²) in [5, 5.41) is 11.5. The number of nitrogens with zero attached hydrogens (tertiary/aromatic N) is 2. The van der Waals surface area contributed by atoms with Crippen molar-refractivity contribution in [1.82, 2.24) is 9.97 Å². The Kier molecular flexibility index (Phi) is 7.07. The second kappa shape index (κ2) is 10.3. The highest BCUT2D eigenvalue weighted by molar-refractivity contribution is 6.00. The van der Waals surface area contributed by atoms with Gasteiger partial charge in [-0.3, -0.25) is 0 Å². The number of hydrogen-bond donors (Lipinski definition) is 2. The van der Waals surface area contributed by atoms with Crippen molar-refractivity contribution in [3.05, 3.63) is 89.0 Å². The number of anilines is 1. The van der Waals surface area contributed by atoms with E-state index in [2.05, 4.69) is 64.7 Å². The van der Waals surface area contributed by atoms with E-state index in [9.17, 15) is 0 Å². The molecule has 0 radical (unpaired) electrons. The van der Waals surface area contributed by atoms with Crippen molar-refractivity contribution in [1.29, 1.82) is 5.41 Å². The van der Waals surface area contributed by atoms with Crippen LogP contribution in [0.2, 0.25) is 0 Å². The molecule has 164 valence electrons. The Bertz CT molecular complexity index is 1080. The summed E-state index contributed by atoms with van der Waals surface area (Å²) in [6, 6.07) is 16.7. The summed E-state index contributed by atoms with van der Waals surface area (Å²) in [7, 11) is 0. The van der Waals surface area contributed by atoms with Gasteiger partial charge in [-0.2, -0.15) is 0 Å². The van der Waals surface area contributed by atoms with Crippen LogP contribution in [0.15, 0.2) is 60.9 Å². The lowest BCUT2D eigenvalue weighted by molar-refractivity contribution is 0.0343. The van der Waals surface area contributed by atoms with Crippen molar-refractivity contribution < 1.29 is 4.74 Å². The fourth-order valence-electron chi connectivity index (χ4n) is 4.20. The van der Waals surface area contributed by atoms with Gasteiger partial charge >= 0.3 is 0 Å². The Morgan fingerprint density at radius 1 is 1.06 bits per heavy atom. The fraction of sp³-hybridized carbons (Fsp3) is 0.296. The number of nitrogens with one attached hydrogen (secondary N) is 2. The molecule has 0 amide bonds. The molecule has 1 aliphatic heterocycles. The molecule has 0 spiro atoms. The Morgan fingerprint density at radius 2 is 1.84 bits per heavy atom. The first-order valence-corrected chi connectivity index (χ1v) is 11.3. The molecule has 1 aromatic heterocycles. The van der Waals surface area contributed by atoms with Gasteiger partial charge in [0.05, 0.1) is 0 Å². The van der Waals surface area contributed by atoms with Gasteiger partial charge < -0.3 is 15.5 Å². The van der Waals surface area contributed by atoms with Crippen molar-refractivity contribution in [2.24, 2.45) is 0 Å². The maximum absolute atomic E-state index is 8.04. The third kappa shape index (κ3) is 4.94. The Morgan fingerprint density at radius 3 is 2.50 bits per heavy atom. The molecule has 5 nitrogen and oxygen atoms in total. The van der Waals surface area contributed by atoms with Gasteiger partial charge in [0.2, 0.25) is 0 Å². The Hall–Kier alpha value is -3.31. The normalized spacial score (nSPS) is 16.9. The highest BCUT2D eigenvalue weighted by atomic mass is 16.5. The zero-order chi connectivity index (χ0) is 22.3. The molecular weight excluding hydrogens is 396 g/mol. The van der Waals surface area contributed by atoms with Gasteiger partial charge in [-0.15, -0.1) is 0 Å². The van der Waals surface area contributed by atoms with E-state index in [0.717, 1.165) is 66.1 Å². The number of benzene rings is 2.